The molecule has 0 aromatic heterocycles. The minimum Gasteiger partial charge on any atom is -0.338 e. The van der Waals surface area contributed by atoms with Crippen molar-refractivity contribution in [2.45, 2.75) is 19.8 Å². The van der Waals surface area contributed by atoms with E-state index in [1.54, 1.807) is 4.90 Å². The normalized spacial score (nSPS) is 17.8. The van der Waals surface area contributed by atoms with Crippen molar-refractivity contribution in [3.63, 3.8) is 0 Å². The third-order valence-electron chi connectivity index (χ3n) is 1.94. The van der Waals surface area contributed by atoms with Crippen molar-refractivity contribution in [1.29, 1.82) is 0 Å². The molecule has 12 heavy (non-hydrogen) atoms. The van der Waals surface area contributed by atoms with Crippen molar-refractivity contribution in [3.8, 4) is 0 Å². The van der Waals surface area contributed by atoms with Crippen molar-refractivity contribution in [2.24, 2.45) is 0 Å². The van der Waals surface area contributed by atoms with E-state index in [0.717, 1.165) is 0 Å². The van der Waals surface area contributed by atoms with E-state index in [9.17, 15) is 9.59 Å². The number of hydrogen-bond donors (Lipinski definition) is 1. The highest BCUT2D eigenvalue weighted by molar-refractivity contribution is 5.82. The van der Waals surface area contributed by atoms with Crippen LogP contribution in [0.4, 0.5) is 4.79 Å². The summed E-state index contributed by atoms with van der Waals surface area (Å²) in [6.07, 6.45) is 1.02. The molecule has 4 nitrogen and oxygen atoms in total. The number of nitrogens with one attached hydrogen (secondary N) is 1. The van der Waals surface area contributed by atoms with Gasteiger partial charge in [-0.25, -0.2) is 4.79 Å². The molecule has 0 radical (unpaired) electrons. The quantitative estimate of drug-likeness (QED) is 0.618. The van der Waals surface area contributed by atoms with Gasteiger partial charge in [0.1, 0.15) is 5.78 Å². The lowest BCUT2D eigenvalue weighted by molar-refractivity contribution is -0.120. The molecule has 1 rings (SSSR count). The summed E-state index contributed by atoms with van der Waals surface area (Å²) in [5, 5.41) is 2.71. The summed E-state index contributed by atoms with van der Waals surface area (Å²) in [5.74, 6) is 0.260. The Kier molecular flexibility index (Phi) is 3.08. The molecule has 1 heterocycles. The van der Waals surface area contributed by atoms with Gasteiger partial charge in [0.25, 0.3) is 0 Å². The first-order chi connectivity index (χ1) is 5.74. The second kappa shape index (κ2) is 4.09. The summed E-state index contributed by atoms with van der Waals surface area (Å²) >= 11 is 0. The summed E-state index contributed by atoms with van der Waals surface area (Å²) in [6.45, 7) is 3.67. The maximum atomic E-state index is 11.2. The maximum absolute atomic E-state index is 11.2. The van der Waals surface area contributed by atoms with Crippen LogP contribution in [0.25, 0.3) is 0 Å². The molecule has 0 saturated carbocycles. The van der Waals surface area contributed by atoms with Gasteiger partial charge in [0.2, 0.25) is 0 Å². The van der Waals surface area contributed by atoms with Crippen LogP contribution < -0.4 is 5.32 Å². The molecule has 0 unspecified atom stereocenters. The molecule has 0 aromatic rings. The molecule has 0 aromatic carbocycles. The van der Waals surface area contributed by atoms with E-state index in [1.807, 2.05) is 6.92 Å². The summed E-state index contributed by atoms with van der Waals surface area (Å²) in [4.78, 5) is 23.7. The summed E-state index contributed by atoms with van der Waals surface area (Å²) < 4.78 is 0. The second-order valence-corrected chi connectivity index (χ2v) is 2.86. The molecule has 1 fully saturated rings. The first-order valence-corrected chi connectivity index (χ1v) is 4.28. The maximum Gasteiger partial charge on any atom is 0.317 e. The monoisotopic (exact) mass is 170 g/mol. The minimum atomic E-state index is -0.0509. The molecule has 4 heteroatoms. The Bertz CT molecular complexity index is 181. The van der Waals surface area contributed by atoms with E-state index in [-0.39, 0.29) is 11.8 Å². The fourth-order valence-electron chi connectivity index (χ4n) is 1.22. The molecule has 1 aliphatic heterocycles. The van der Waals surface area contributed by atoms with Gasteiger partial charge in [-0.3, -0.25) is 4.79 Å². The van der Waals surface area contributed by atoms with Crippen molar-refractivity contribution < 1.29 is 9.59 Å². The fraction of sp³-hybridized carbons (Fsp3) is 0.750. The Morgan fingerprint density at radius 3 is 2.58 bits per heavy atom. The van der Waals surface area contributed by atoms with Crippen LogP contribution in [0.2, 0.25) is 0 Å². The number of likely N-dealkylation sites (tertiary alicyclic amines) is 1. The molecular weight excluding hydrogens is 156 g/mol. The predicted molar refractivity (Wildman–Crippen MR) is 44.9 cm³/mol. The van der Waals surface area contributed by atoms with Crippen molar-refractivity contribution in [3.05, 3.63) is 0 Å². The van der Waals surface area contributed by atoms with E-state index in [2.05, 4.69) is 5.32 Å². The molecule has 1 N–H and O–H groups in total. The third kappa shape index (κ3) is 2.22. The van der Waals surface area contributed by atoms with Gasteiger partial charge in [-0.1, -0.05) is 0 Å². The first kappa shape index (κ1) is 9.03. The molecule has 68 valence electrons. The van der Waals surface area contributed by atoms with Crippen LogP contribution in [0.1, 0.15) is 19.8 Å². The van der Waals surface area contributed by atoms with E-state index in [0.29, 0.717) is 32.5 Å². The number of rotatable bonds is 1. The number of piperidine rings is 1. The number of ketones is 1. The summed E-state index contributed by atoms with van der Waals surface area (Å²) in [6, 6.07) is -0.0509. The SMILES string of the molecule is CCNC(=O)N1CCC(=O)CC1. The van der Waals surface area contributed by atoms with Gasteiger partial charge in [-0.05, 0) is 6.92 Å². The standard InChI is InChI=1S/C8H14N2O2/c1-2-9-8(12)10-5-3-7(11)4-6-10/h2-6H2,1H3,(H,9,12). The van der Waals surface area contributed by atoms with Gasteiger partial charge < -0.3 is 10.2 Å². The zero-order valence-corrected chi connectivity index (χ0v) is 7.30. The highest BCUT2D eigenvalue weighted by Crippen LogP contribution is 2.04. The van der Waals surface area contributed by atoms with E-state index in [1.165, 1.54) is 0 Å². The first-order valence-electron chi connectivity index (χ1n) is 4.28. The lowest BCUT2D eigenvalue weighted by Crippen LogP contribution is -2.44. The van der Waals surface area contributed by atoms with Crippen LogP contribution in [-0.4, -0.2) is 36.3 Å². The highest BCUT2D eigenvalue weighted by Gasteiger charge is 2.19. The molecule has 2 amide bonds. The van der Waals surface area contributed by atoms with Gasteiger partial charge in [0.05, 0.1) is 0 Å². The average Bonchev–Trinajstić information content (AvgIpc) is 2.06. The van der Waals surface area contributed by atoms with Crippen LogP contribution in [0, 0.1) is 0 Å². The predicted octanol–water partition coefficient (Wildman–Crippen LogP) is 0.381. The number of carbonyl (C=O) groups excluding carboxylic acids is 2. The van der Waals surface area contributed by atoms with Gasteiger partial charge >= 0.3 is 6.03 Å². The molecule has 0 bridgehead atoms. The van der Waals surface area contributed by atoms with Crippen LogP contribution in [0.5, 0.6) is 0 Å². The molecule has 0 aliphatic carbocycles. The van der Waals surface area contributed by atoms with Gasteiger partial charge in [0.15, 0.2) is 0 Å². The van der Waals surface area contributed by atoms with Crippen LogP contribution >= 0.6 is 0 Å². The van der Waals surface area contributed by atoms with Gasteiger partial charge in [0, 0.05) is 32.5 Å². The Morgan fingerprint density at radius 1 is 1.50 bits per heavy atom. The van der Waals surface area contributed by atoms with E-state index < -0.39 is 0 Å². The third-order valence-corrected chi connectivity index (χ3v) is 1.94. The second-order valence-electron chi connectivity index (χ2n) is 2.86. The van der Waals surface area contributed by atoms with Gasteiger partial charge in [-0.2, -0.15) is 0 Å². The number of Topliss-reactive ketones (excluding diaryl/α,β-unsaturated/α-hetero) is 1. The largest absolute Gasteiger partial charge is 0.338 e. The van der Waals surface area contributed by atoms with Crippen LogP contribution in [0.15, 0.2) is 0 Å². The number of hydrogen-bond acceptors (Lipinski definition) is 2. The van der Waals surface area contributed by atoms with Crippen molar-refractivity contribution in [1.82, 2.24) is 10.2 Å². The zero-order valence-electron chi connectivity index (χ0n) is 7.30. The summed E-state index contributed by atoms with van der Waals surface area (Å²) in [7, 11) is 0. The van der Waals surface area contributed by atoms with E-state index >= 15 is 0 Å². The Morgan fingerprint density at radius 2 is 2.08 bits per heavy atom. The lowest BCUT2D eigenvalue weighted by Gasteiger charge is -2.25. The van der Waals surface area contributed by atoms with E-state index in [4.69, 9.17) is 0 Å². The number of urea groups is 1. The topological polar surface area (TPSA) is 49.4 Å². The smallest absolute Gasteiger partial charge is 0.317 e. The molecule has 0 atom stereocenters. The lowest BCUT2D eigenvalue weighted by atomic mass is 10.1. The Balaban J connectivity index is 2.33. The fourth-order valence-corrected chi connectivity index (χ4v) is 1.22. The van der Waals surface area contributed by atoms with Crippen molar-refractivity contribution in [2.75, 3.05) is 19.6 Å². The molecule has 0 spiro atoms. The summed E-state index contributed by atoms with van der Waals surface area (Å²) in [5.41, 5.74) is 0. The molecule has 1 saturated heterocycles. The average molecular weight is 170 g/mol. The zero-order chi connectivity index (χ0) is 8.97. The molecular formula is C8H14N2O2. The molecule has 1 aliphatic rings. The number of carbonyl (C=O) groups is 2. The number of amides is 2. The minimum absolute atomic E-state index is 0.0509. The number of nitrogens with zero attached hydrogens (tertiary/aromatic N) is 1. The van der Waals surface area contributed by atoms with Crippen LogP contribution in [0.3, 0.4) is 0 Å². The highest BCUT2D eigenvalue weighted by atomic mass is 16.2. The van der Waals surface area contributed by atoms with Crippen LogP contribution in [-0.2, 0) is 4.79 Å². The Labute approximate surface area is 71.9 Å². The van der Waals surface area contributed by atoms with Gasteiger partial charge in [-0.15, -0.1) is 0 Å². The Hall–Kier alpha value is -1.06. The van der Waals surface area contributed by atoms with Crippen molar-refractivity contribution >= 4 is 11.8 Å².